The molecule has 0 aliphatic carbocycles. The van der Waals surface area contributed by atoms with E-state index >= 15 is 0 Å². The third-order valence-corrected chi connectivity index (χ3v) is 4.85. The lowest BCUT2D eigenvalue weighted by Crippen LogP contribution is -2.16. The van der Waals surface area contributed by atoms with Crippen molar-refractivity contribution in [3.63, 3.8) is 0 Å². The number of para-hydroxylation sites is 1. The number of nitrogens with one attached hydrogen (secondary N) is 1. The van der Waals surface area contributed by atoms with E-state index in [0.29, 0.717) is 28.2 Å². The van der Waals surface area contributed by atoms with Gasteiger partial charge in [0, 0.05) is 12.5 Å². The van der Waals surface area contributed by atoms with E-state index in [4.69, 9.17) is 4.42 Å². The van der Waals surface area contributed by atoms with Crippen LogP contribution in [-0.2, 0) is 6.42 Å². The number of benzene rings is 1. The first kappa shape index (κ1) is 18.1. The Morgan fingerprint density at radius 2 is 2.00 bits per heavy atom. The van der Waals surface area contributed by atoms with Gasteiger partial charge in [-0.3, -0.25) is 10.1 Å². The van der Waals surface area contributed by atoms with E-state index in [1.165, 1.54) is 11.3 Å². The molecular weight excluding hydrogens is 374 g/mol. The van der Waals surface area contributed by atoms with Gasteiger partial charge in [-0.15, -0.1) is 10.2 Å². The van der Waals surface area contributed by atoms with Gasteiger partial charge in [0.15, 0.2) is 5.76 Å². The lowest BCUT2D eigenvalue weighted by Gasteiger charge is -2.06. The number of hydrogen-bond acceptors (Lipinski definition) is 6. The maximum Gasteiger partial charge on any atom is 0.276 e. The van der Waals surface area contributed by atoms with Crippen LogP contribution in [0.3, 0.4) is 0 Å². The first-order valence-electron chi connectivity index (χ1n) is 8.93. The number of hydrogen-bond donors (Lipinski definition) is 1. The Hall–Kier alpha value is -3.26. The highest BCUT2D eigenvalue weighted by molar-refractivity contribution is 7.15. The van der Waals surface area contributed by atoms with Crippen molar-refractivity contribution in [3.8, 4) is 17.1 Å². The number of anilines is 1. The maximum atomic E-state index is 13.0. The van der Waals surface area contributed by atoms with Crippen LogP contribution >= 0.6 is 11.3 Å². The van der Waals surface area contributed by atoms with Gasteiger partial charge < -0.3 is 4.42 Å². The molecule has 7 nitrogen and oxygen atoms in total. The van der Waals surface area contributed by atoms with Crippen LogP contribution in [0.5, 0.6) is 0 Å². The molecule has 0 aliphatic heterocycles. The van der Waals surface area contributed by atoms with Crippen LogP contribution in [0.25, 0.3) is 17.1 Å². The van der Waals surface area contributed by atoms with E-state index in [9.17, 15) is 4.79 Å². The van der Waals surface area contributed by atoms with Crippen molar-refractivity contribution < 1.29 is 9.21 Å². The highest BCUT2D eigenvalue weighted by Gasteiger charge is 2.20. The number of aromatic nitrogens is 4. The topological polar surface area (TPSA) is 85.8 Å². The summed E-state index contributed by atoms with van der Waals surface area (Å²) in [4.78, 5) is 13.0. The monoisotopic (exact) mass is 393 g/mol. The minimum absolute atomic E-state index is 0.304. The number of amides is 1. The molecule has 142 valence electrons. The molecule has 3 aromatic heterocycles. The molecule has 0 saturated carbocycles. The van der Waals surface area contributed by atoms with Crippen LogP contribution in [0, 0.1) is 5.92 Å². The summed E-state index contributed by atoms with van der Waals surface area (Å²) in [5.74, 6) is 0.771. The van der Waals surface area contributed by atoms with Crippen LogP contribution in [0.15, 0.2) is 59.2 Å². The first-order chi connectivity index (χ1) is 13.6. The summed E-state index contributed by atoms with van der Waals surface area (Å²) in [6.07, 6.45) is 2.41. The quantitative estimate of drug-likeness (QED) is 0.523. The summed E-state index contributed by atoms with van der Waals surface area (Å²) < 4.78 is 7.03. The summed E-state index contributed by atoms with van der Waals surface area (Å²) in [5.41, 5.74) is 1.75. The van der Waals surface area contributed by atoms with Gasteiger partial charge >= 0.3 is 0 Å². The van der Waals surface area contributed by atoms with Crippen molar-refractivity contribution in [2.75, 3.05) is 5.32 Å². The zero-order valence-electron chi connectivity index (χ0n) is 15.5. The predicted molar refractivity (Wildman–Crippen MR) is 108 cm³/mol. The van der Waals surface area contributed by atoms with E-state index in [0.717, 1.165) is 17.1 Å². The molecule has 1 aromatic carbocycles. The highest BCUT2D eigenvalue weighted by Crippen LogP contribution is 2.24. The van der Waals surface area contributed by atoms with E-state index in [-0.39, 0.29) is 5.91 Å². The van der Waals surface area contributed by atoms with Gasteiger partial charge in [0.25, 0.3) is 5.91 Å². The summed E-state index contributed by atoms with van der Waals surface area (Å²) in [6.45, 7) is 4.24. The second kappa shape index (κ2) is 7.77. The van der Waals surface area contributed by atoms with Gasteiger partial charge in [-0.2, -0.15) is 5.10 Å². The second-order valence-electron chi connectivity index (χ2n) is 6.69. The molecule has 0 unspecified atom stereocenters. The lowest BCUT2D eigenvalue weighted by molar-refractivity contribution is 0.101. The summed E-state index contributed by atoms with van der Waals surface area (Å²) >= 11 is 1.39. The molecule has 0 spiro atoms. The van der Waals surface area contributed by atoms with Gasteiger partial charge in [-0.25, -0.2) is 4.68 Å². The maximum absolute atomic E-state index is 13.0. The SMILES string of the molecule is CC(C)Cc1nnc(NC(=O)c2cc(-c3ccco3)nn2-c2ccccc2)s1. The predicted octanol–water partition coefficient (Wildman–Crippen LogP) is 4.43. The van der Waals surface area contributed by atoms with Gasteiger partial charge in [-0.05, 0) is 30.2 Å². The second-order valence-corrected chi connectivity index (χ2v) is 7.75. The third kappa shape index (κ3) is 3.86. The molecule has 4 aromatic rings. The van der Waals surface area contributed by atoms with Crippen LogP contribution < -0.4 is 5.32 Å². The van der Waals surface area contributed by atoms with Crippen molar-refractivity contribution >= 4 is 22.4 Å². The van der Waals surface area contributed by atoms with Crippen molar-refractivity contribution in [3.05, 3.63) is 65.5 Å². The minimum atomic E-state index is -0.304. The molecule has 0 bridgehead atoms. The number of carbonyl (C=O) groups excluding carboxylic acids is 1. The fourth-order valence-corrected chi connectivity index (χ4v) is 3.70. The molecular formula is C20H19N5O2S. The highest BCUT2D eigenvalue weighted by atomic mass is 32.1. The third-order valence-electron chi connectivity index (χ3n) is 3.99. The fourth-order valence-electron chi connectivity index (χ4n) is 2.75. The first-order valence-corrected chi connectivity index (χ1v) is 9.75. The summed E-state index contributed by atoms with van der Waals surface area (Å²) in [6, 6.07) is 14.8. The van der Waals surface area contributed by atoms with Crippen molar-refractivity contribution in [1.82, 2.24) is 20.0 Å². The zero-order chi connectivity index (χ0) is 19.5. The van der Waals surface area contributed by atoms with Gasteiger partial charge in [0.1, 0.15) is 16.4 Å². The lowest BCUT2D eigenvalue weighted by atomic mass is 10.1. The Morgan fingerprint density at radius 1 is 1.18 bits per heavy atom. The van der Waals surface area contributed by atoms with Gasteiger partial charge in [0.05, 0.1) is 12.0 Å². The molecule has 1 amide bonds. The molecule has 4 rings (SSSR count). The molecule has 0 atom stereocenters. The van der Waals surface area contributed by atoms with Crippen molar-refractivity contribution in [2.24, 2.45) is 5.92 Å². The standard InChI is InChI=1S/C20H19N5O2S/c1-13(2)11-18-22-23-20(28-18)21-19(26)16-12-15(17-9-6-10-27-17)24-25(16)14-7-4-3-5-8-14/h3-10,12-13H,11H2,1-2H3,(H,21,23,26). The minimum Gasteiger partial charge on any atom is -0.463 e. The molecule has 0 aliphatic rings. The smallest absolute Gasteiger partial charge is 0.276 e. The van der Waals surface area contributed by atoms with Gasteiger partial charge in [0.2, 0.25) is 5.13 Å². The molecule has 1 N–H and O–H groups in total. The van der Waals surface area contributed by atoms with E-state index in [2.05, 4.69) is 34.5 Å². The number of rotatable bonds is 6. The Morgan fingerprint density at radius 3 is 2.71 bits per heavy atom. The number of furan rings is 1. The van der Waals surface area contributed by atoms with E-state index in [1.807, 2.05) is 36.4 Å². The molecule has 28 heavy (non-hydrogen) atoms. The number of carbonyl (C=O) groups is 1. The molecule has 0 radical (unpaired) electrons. The van der Waals surface area contributed by atoms with Crippen LogP contribution in [0.1, 0.15) is 29.3 Å². The van der Waals surface area contributed by atoms with Crippen molar-refractivity contribution in [2.45, 2.75) is 20.3 Å². The van der Waals surface area contributed by atoms with E-state index < -0.39 is 0 Å². The fraction of sp³-hybridized carbons (Fsp3) is 0.200. The van der Waals surface area contributed by atoms with Gasteiger partial charge in [-0.1, -0.05) is 43.4 Å². The molecule has 3 heterocycles. The Balaban J connectivity index is 1.65. The number of nitrogens with zero attached hydrogens (tertiary/aromatic N) is 4. The normalized spacial score (nSPS) is 11.1. The molecule has 0 fully saturated rings. The summed E-state index contributed by atoms with van der Waals surface area (Å²) in [5, 5.41) is 17.0. The average molecular weight is 393 g/mol. The molecule has 0 saturated heterocycles. The summed E-state index contributed by atoms with van der Waals surface area (Å²) in [7, 11) is 0. The van der Waals surface area contributed by atoms with Crippen LogP contribution in [0.2, 0.25) is 0 Å². The zero-order valence-corrected chi connectivity index (χ0v) is 16.3. The van der Waals surface area contributed by atoms with E-state index in [1.54, 1.807) is 23.1 Å². The average Bonchev–Trinajstić information content (AvgIpc) is 3.42. The Labute approximate surface area is 166 Å². The van der Waals surface area contributed by atoms with Crippen LogP contribution in [0.4, 0.5) is 5.13 Å². The largest absolute Gasteiger partial charge is 0.463 e. The van der Waals surface area contributed by atoms with Crippen LogP contribution in [-0.4, -0.2) is 25.9 Å². The van der Waals surface area contributed by atoms with Crippen molar-refractivity contribution in [1.29, 1.82) is 0 Å². The molecule has 8 heteroatoms. The Bertz CT molecular complexity index is 1070. The Kier molecular flexibility index (Phi) is 5.03.